The SMILES string of the molecule is CC(C)C1C[N@@]1S(=O)(=O)NC(=O)OC(C)(C)C. The van der Waals surface area contributed by atoms with Gasteiger partial charge < -0.3 is 4.74 Å². The first kappa shape index (κ1) is 14.2. The van der Waals surface area contributed by atoms with E-state index >= 15 is 0 Å². The van der Waals surface area contributed by atoms with Gasteiger partial charge in [-0.25, -0.2) is 9.52 Å². The molecule has 1 amide bonds. The summed E-state index contributed by atoms with van der Waals surface area (Å²) in [4.78, 5) is 11.3. The fraction of sp³-hybridized carbons (Fsp3) is 0.900. The van der Waals surface area contributed by atoms with Crippen LogP contribution in [0.2, 0.25) is 0 Å². The van der Waals surface area contributed by atoms with Crippen LogP contribution in [-0.4, -0.2) is 37.0 Å². The molecular weight excluding hydrogens is 244 g/mol. The molecule has 7 heteroatoms. The summed E-state index contributed by atoms with van der Waals surface area (Å²) in [5, 5.41) is 0. The van der Waals surface area contributed by atoms with E-state index < -0.39 is 21.9 Å². The molecule has 1 heterocycles. The predicted octanol–water partition coefficient (Wildman–Crippen LogP) is 1.10. The zero-order valence-corrected chi connectivity index (χ0v) is 11.7. The zero-order chi connectivity index (χ0) is 13.4. The second kappa shape index (κ2) is 4.45. The first-order valence-electron chi connectivity index (χ1n) is 5.55. The molecule has 17 heavy (non-hydrogen) atoms. The average Bonchev–Trinajstić information content (AvgIpc) is 2.75. The second-order valence-corrected chi connectivity index (χ2v) is 7.11. The van der Waals surface area contributed by atoms with Crippen molar-refractivity contribution >= 4 is 16.3 Å². The Kier molecular flexibility index (Phi) is 3.73. The van der Waals surface area contributed by atoms with Gasteiger partial charge in [0.15, 0.2) is 0 Å². The molecule has 0 spiro atoms. The van der Waals surface area contributed by atoms with Gasteiger partial charge in [-0.1, -0.05) is 13.8 Å². The highest BCUT2D eigenvalue weighted by Crippen LogP contribution is 2.28. The van der Waals surface area contributed by atoms with Gasteiger partial charge >= 0.3 is 16.3 Å². The van der Waals surface area contributed by atoms with Gasteiger partial charge in [0.25, 0.3) is 0 Å². The largest absolute Gasteiger partial charge is 0.443 e. The maximum Gasteiger partial charge on any atom is 0.422 e. The fourth-order valence-corrected chi connectivity index (χ4v) is 2.74. The predicted molar refractivity (Wildman–Crippen MR) is 63.6 cm³/mol. The van der Waals surface area contributed by atoms with Crippen LogP contribution < -0.4 is 4.72 Å². The molecule has 0 aromatic rings. The summed E-state index contributed by atoms with van der Waals surface area (Å²) in [7, 11) is -3.74. The molecule has 1 rings (SSSR count). The molecule has 2 atom stereocenters. The molecule has 1 saturated heterocycles. The number of carbonyl (C=O) groups is 1. The minimum Gasteiger partial charge on any atom is -0.443 e. The highest BCUT2D eigenvalue weighted by Gasteiger charge is 2.46. The van der Waals surface area contributed by atoms with Crippen LogP contribution in [-0.2, 0) is 14.9 Å². The van der Waals surface area contributed by atoms with Crippen molar-refractivity contribution in [1.82, 2.24) is 9.03 Å². The summed E-state index contributed by atoms with van der Waals surface area (Å²) in [5.74, 6) is 0.241. The number of hydrogen-bond donors (Lipinski definition) is 1. The molecule has 6 nitrogen and oxygen atoms in total. The van der Waals surface area contributed by atoms with E-state index in [4.69, 9.17) is 4.74 Å². The second-order valence-electron chi connectivity index (χ2n) is 5.49. The highest BCUT2D eigenvalue weighted by atomic mass is 32.2. The van der Waals surface area contributed by atoms with Gasteiger partial charge in [0.05, 0.1) is 0 Å². The molecule has 100 valence electrons. The van der Waals surface area contributed by atoms with Crippen LogP contribution in [0.5, 0.6) is 0 Å². The maximum atomic E-state index is 11.7. The van der Waals surface area contributed by atoms with Gasteiger partial charge in [-0.05, 0) is 26.7 Å². The van der Waals surface area contributed by atoms with Crippen LogP contribution in [0.25, 0.3) is 0 Å². The number of rotatable bonds is 3. The van der Waals surface area contributed by atoms with Gasteiger partial charge in [0.1, 0.15) is 5.60 Å². The lowest BCUT2D eigenvalue weighted by atomic mass is 10.1. The Hall–Kier alpha value is -0.820. The van der Waals surface area contributed by atoms with E-state index in [0.29, 0.717) is 6.54 Å². The lowest BCUT2D eigenvalue weighted by Gasteiger charge is -2.19. The molecule has 1 aliphatic heterocycles. The Labute approximate surface area is 102 Å². The van der Waals surface area contributed by atoms with Gasteiger partial charge in [-0.3, -0.25) is 0 Å². The molecule has 1 aliphatic rings. The number of hydrogen-bond acceptors (Lipinski definition) is 4. The van der Waals surface area contributed by atoms with Gasteiger partial charge in [0.2, 0.25) is 0 Å². The minimum absolute atomic E-state index is 0.0186. The van der Waals surface area contributed by atoms with Crippen molar-refractivity contribution in [2.24, 2.45) is 5.92 Å². The van der Waals surface area contributed by atoms with E-state index in [1.54, 1.807) is 20.8 Å². The molecule has 0 aromatic heterocycles. The standard InChI is InChI=1S/C10H20N2O4S/c1-7(2)8-6-12(8)17(14,15)11-9(13)16-10(3,4)5/h7-8H,6H2,1-5H3,(H,11,13)/t8?,12-/m1/s1. The summed E-state index contributed by atoms with van der Waals surface area (Å²) >= 11 is 0. The first-order chi connectivity index (χ1) is 7.53. The molecule has 0 aromatic carbocycles. The molecule has 1 unspecified atom stereocenters. The lowest BCUT2D eigenvalue weighted by molar-refractivity contribution is 0.0568. The highest BCUT2D eigenvalue weighted by molar-refractivity contribution is 7.88. The summed E-state index contributed by atoms with van der Waals surface area (Å²) in [6.07, 6.45) is -0.938. The number of amides is 1. The number of nitrogens with zero attached hydrogens (tertiary/aromatic N) is 1. The minimum atomic E-state index is -3.74. The molecule has 0 radical (unpaired) electrons. The quantitative estimate of drug-likeness (QED) is 0.774. The van der Waals surface area contributed by atoms with Crippen molar-refractivity contribution in [2.75, 3.05) is 6.54 Å². The molecule has 1 N–H and O–H groups in total. The lowest BCUT2D eigenvalue weighted by Crippen LogP contribution is -2.40. The average molecular weight is 264 g/mol. The van der Waals surface area contributed by atoms with Crippen LogP contribution in [0.1, 0.15) is 34.6 Å². The summed E-state index contributed by atoms with van der Waals surface area (Å²) in [6.45, 7) is 9.35. The summed E-state index contributed by atoms with van der Waals surface area (Å²) < 4.78 is 31.5. The molecule has 0 saturated carbocycles. The Morgan fingerprint density at radius 3 is 2.29 bits per heavy atom. The van der Waals surface area contributed by atoms with Crippen molar-refractivity contribution in [1.29, 1.82) is 0 Å². The van der Waals surface area contributed by atoms with E-state index in [0.717, 1.165) is 0 Å². The Morgan fingerprint density at radius 1 is 1.41 bits per heavy atom. The van der Waals surface area contributed by atoms with Crippen molar-refractivity contribution in [2.45, 2.75) is 46.3 Å². The Morgan fingerprint density at radius 2 is 1.94 bits per heavy atom. The third-order valence-electron chi connectivity index (χ3n) is 2.29. The van der Waals surface area contributed by atoms with Crippen LogP contribution in [0.4, 0.5) is 4.79 Å². The molecule has 0 bridgehead atoms. The van der Waals surface area contributed by atoms with Crippen molar-refractivity contribution < 1.29 is 17.9 Å². The van der Waals surface area contributed by atoms with E-state index in [2.05, 4.69) is 0 Å². The smallest absolute Gasteiger partial charge is 0.422 e. The third kappa shape index (κ3) is 4.16. The zero-order valence-electron chi connectivity index (χ0n) is 10.9. The Bertz CT molecular complexity index is 397. The van der Waals surface area contributed by atoms with E-state index in [-0.39, 0.29) is 12.0 Å². The number of nitrogens with one attached hydrogen (secondary N) is 1. The maximum absolute atomic E-state index is 11.7. The van der Waals surface area contributed by atoms with Gasteiger partial charge in [-0.15, -0.1) is 0 Å². The van der Waals surface area contributed by atoms with E-state index in [1.807, 2.05) is 18.6 Å². The van der Waals surface area contributed by atoms with E-state index in [1.165, 1.54) is 4.31 Å². The Balaban J connectivity index is 2.55. The van der Waals surface area contributed by atoms with Crippen LogP contribution >= 0.6 is 0 Å². The number of ether oxygens (including phenoxy) is 1. The van der Waals surface area contributed by atoms with Crippen molar-refractivity contribution in [3.05, 3.63) is 0 Å². The van der Waals surface area contributed by atoms with Gasteiger partial charge in [-0.2, -0.15) is 12.7 Å². The fourth-order valence-electron chi connectivity index (χ4n) is 1.42. The number of carbonyl (C=O) groups excluding carboxylic acids is 1. The summed E-state index contributed by atoms with van der Waals surface area (Å²) in [6, 6.07) is -0.0186. The van der Waals surface area contributed by atoms with E-state index in [9.17, 15) is 13.2 Å². The third-order valence-corrected chi connectivity index (χ3v) is 3.75. The van der Waals surface area contributed by atoms with Crippen molar-refractivity contribution in [3.8, 4) is 0 Å². The van der Waals surface area contributed by atoms with Crippen LogP contribution in [0, 0.1) is 5.92 Å². The van der Waals surface area contributed by atoms with Crippen LogP contribution in [0.3, 0.4) is 0 Å². The van der Waals surface area contributed by atoms with Crippen molar-refractivity contribution in [3.63, 3.8) is 0 Å². The molecule has 0 aliphatic carbocycles. The normalized spacial score (nSPS) is 24.6. The molecule has 1 fully saturated rings. The summed E-state index contributed by atoms with van der Waals surface area (Å²) in [5.41, 5.74) is -0.712. The topological polar surface area (TPSA) is 75.5 Å². The van der Waals surface area contributed by atoms with Crippen LogP contribution in [0.15, 0.2) is 0 Å². The van der Waals surface area contributed by atoms with Gasteiger partial charge in [0, 0.05) is 12.6 Å². The first-order valence-corrected chi connectivity index (χ1v) is 6.99. The molecular formula is C10H20N2O4S. The monoisotopic (exact) mass is 264 g/mol.